The van der Waals surface area contributed by atoms with Crippen LogP contribution in [0.15, 0.2) is 18.3 Å². The number of aliphatic carboxylic acids is 1. The Labute approximate surface area is 157 Å². The Kier molecular flexibility index (Phi) is 4.50. The highest BCUT2D eigenvalue weighted by molar-refractivity contribution is 6.20. The van der Waals surface area contributed by atoms with Crippen molar-refractivity contribution in [3.8, 4) is 0 Å². The molecule has 1 unspecified atom stereocenters. The van der Waals surface area contributed by atoms with Gasteiger partial charge in [-0.1, -0.05) is 25.7 Å². The summed E-state index contributed by atoms with van der Waals surface area (Å²) in [7, 11) is 0. The van der Waals surface area contributed by atoms with Crippen LogP contribution in [0.4, 0.5) is 5.69 Å². The number of nitrogens with one attached hydrogen (secondary N) is 1. The molecule has 2 N–H and O–H groups in total. The Balaban J connectivity index is 1.72. The molecule has 1 saturated carbocycles. The summed E-state index contributed by atoms with van der Waals surface area (Å²) in [5.74, 6) is -1.23. The predicted molar refractivity (Wildman–Crippen MR) is 102 cm³/mol. The molecule has 27 heavy (non-hydrogen) atoms. The molecule has 2 aromatic rings. The lowest BCUT2D eigenvalue weighted by atomic mass is 9.87. The standard InChI is InChI=1S/C21H24N2O4/c1-12-8-14-16(15(21(26)27)9-13-4-2-3-5-13)11-22-17(14)10-18(12)23-19(24)6-7-20(23)25/h8,10-11,13,15,22H,2-7,9H2,1H3,(H,26,27). The van der Waals surface area contributed by atoms with Crippen LogP contribution in [0.25, 0.3) is 10.9 Å². The molecule has 1 aromatic heterocycles. The summed E-state index contributed by atoms with van der Waals surface area (Å²) < 4.78 is 0. The second-order valence-corrected chi connectivity index (χ2v) is 7.83. The molecule has 6 heteroatoms. The Morgan fingerprint density at radius 2 is 1.89 bits per heavy atom. The van der Waals surface area contributed by atoms with E-state index >= 15 is 0 Å². The molecule has 6 nitrogen and oxygen atoms in total. The normalized spacial score (nSPS) is 19.4. The minimum absolute atomic E-state index is 0.182. The zero-order valence-corrected chi connectivity index (χ0v) is 15.5. The minimum Gasteiger partial charge on any atom is -0.481 e. The molecule has 1 aliphatic heterocycles. The number of aromatic amines is 1. The van der Waals surface area contributed by atoms with Crippen molar-refractivity contribution in [3.63, 3.8) is 0 Å². The van der Waals surface area contributed by atoms with Crippen molar-refractivity contribution in [1.29, 1.82) is 0 Å². The van der Waals surface area contributed by atoms with Crippen LogP contribution in [-0.2, 0) is 14.4 Å². The van der Waals surface area contributed by atoms with E-state index in [0.29, 0.717) is 18.0 Å². The fourth-order valence-corrected chi connectivity index (χ4v) is 4.60. The fraction of sp³-hybridized carbons (Fsp3) is 0.476. The molecular weight excluding hydrogens is 344 g/mol. The third-order valence-electron chi connectivity index (χ3n) is 6.04. The van der Waals surface area contributed by atoms with E-state index < -0.39 is 11.9 Å². The van der Waals surface area contributed by atoms with Crippen molar-refractivity contribution in [2.45, 2.75) is 57.8 Å². The van der Waals surface area contributed by atoms with Crippen LogP contribution in [0.1, 0.15) is 62.0 Å². The Morgan fingerprint density at radius 1 is 1.22 bits per heavy atom. The van der Waals surface area contributed by atoms with Crippen molar-refractivity contribution >= 4 is 34.4 Å². The second-order valence-electron chi connectivity index (χ2n) is 7.83. The maximum Gasteiger partial charge on any atom is 0.311 e. The van der Waals surface area contributed by atoms with E-state index in [2.05, 4.69) is 4.98 Å². The van der Waals surface area contributed by atoms with Gasteiger partial charge in [0.05, 0.1) is 11.6 Å². The number of carbonyl (C=O) groups is 3. The zero-order chi connectivity index (χ0) is 19.1. The number of carboxylic acid groups (broad SMARTS) is 1. The first-order chi connectivity index (χ1) is 13.0. The Hall–Kier alpha value is -2.63. The SMILES string of the molecule is Cc1cc2c(C(CC3CCCC3)C(=O)O)c[nH]c2cc1N1C(=O)CCC1=O. The lowest BCUT2D eigenvalue weighted by Crippen LogP contribution is -2.29. The summed E-state index contributed by atoms with van der Waals surface area (Å²) in [5.41, 5.74) is 2.94. The molecule has 1 atom stereocenters. The van der Waals surface area contributed by atoms with Gasteiger partial charge in [0.2, 0.25) is 11.8 Å². The topological polar surface area (TPSA) is 90.5 Å². The molecule has 1 aliphatic carbocycles. The van der Waals surface area contributed by atoms with Crippen LogP contribution in [0.2, 0.25) is 0 Å². The maximum atomic E-state index is 12.1. The molecule has 0 bridgehead atoms. The Bertz CT molecular complexity index is 908. The number of H-pyrrole nitrogens is 1. The molecule has 4 rings (SSSR count). The number of imide groups is 1. The summed E-state index contributed by atoms with van der Waals surface area (Å²) in [6.45, 7) is 1.86. The minimum atomic E-state index is -0.797. The lowest BCUT2D eigenvalue weighted by Gasteiger charge is -2.18. The lowest BCUT2D eigenvalue weighted by molar-refractivity contribution is -0.139. The molecule has 142 valence electrons. The van der Waals surface area contributed by atoms with E-state index in [1.807, 2.05) is 13.0 Å². The molecular formula is C21H24N2O4. The third-order valence-corrected chi connectivity index (χ3v) is 6.04. The fourth-order valence-electron chi connectivity index (χ4n) is 4.60. The van der Waals surface area contributed by atoms with Crippen molar-refractivity contribution in [2.75, 3.05) is 4.90 Å². The number of hydrogen-bond donors (Lipinski definition) is 2. The van der Waals surface area contributed by atoms with Gasteiger partial charge >= 0.3 is 5.97 Å². The van der Waals surface area contributed by atoms with Crippen LogP contribution in [0, 0.1) is 12.8 Å². The first-order valence-electron chi connectivity index (χ1n) is 9.66. The summed E-state index contributed by atoms with van der Waals surface area (Å²) in [4.78, 5) is 40.5. The zero-order valence-electron chi connectivity index (χ0n) is 15.5. The molecule has 0 radical (unpaired) electrons. The second kappa shape index (κ2) is 6.83. The van der Waals surface area contributed by atoms with Crippen molar-refractivity contribution < 1.29 is 19.5 Å². The van der Waals surface area contributed by atoms with E-state index in [1.165, 1.54) is 17.7 Å². The maximum absolute atomic E-state index is 12.1. The molecule has 2 aliphatic rings. The molecule has 2 heterocycles. The van der Waals surface area contributed by atoms with Crippen LogP contribution >= 0.6 is 0 Å². The highest BCUT2D eigenvalue weighted by Crippen LogP contribution is 2.38. The van der Waals surface area contributed by atoms with Crippen LogP contribution in [0.5, 0.6) is 0 Å². The van der Waals surface area contributed by atoms with E-state index in [1.54, 1.807) is 12.3 Å². The number of aryl methyl sites for hydroxylation is 1. The predicted octanol–water partition coefficient (Wildman–Crippen LogP) is 3.88. The summed E-state index contributed by atoms with van der Waals surface area (Å²) in [6, 6.07) is 3.70. The number of anilines is 1. The number of nitrogens with zero attached hydrogens (tertiary/aromatic N) is 1. The van der Waals surface area contributed by atoms with Gasteiger partial charge in [0.1, 0.15) is 0 Å². The van der Waals surface area contributed by atoms with Gasteiger partial charge in [0.15, 0.2) is 0 Å². The van der Waals surface area contributed by atoms with Crippen molar-refractivity contribution in [1.82, 2.24) is 4.98 Å². The van der Waals surface area contributed by atoms with Gasteiger partial charge in [-0.25, -0.2) is 0 Å². The number of rotatable bonds is 5. The number of aromatic nitrogens is 1. The Morgan fingerprint density at radius 3 is 2.52 bits per heavy atom. The average molecular weight is 368 g/mol. The van der Waals surface area contributed by atoms with E-state index in [4.69, 9.17) is 0 Å². The number of fused-ring (bicyclic) bond motifs is 1. The number of hydrogen-bond acceptors (Lipinski definition) is 3. The molecule has 2 amide bonds. The smallest absolute Gasteiger partial charge is 0.311 e. The van der Waals surface area contributed by atoms with Gasteiger partial charge in [-0.2, -0.15) is 0 Å². The van der Waals surface area contributed by atoms with Crippen LogP contribution < -0.4 is 4.90 Å². The number of amides is 2. The van der Waals surface area contributed by atoms with E-state index in [0.717, 1.165) is 34.9 Å². The molecule has 0 spiro atoms. The molecule has 1 aromatic carbocycles. The summed E-state index contributed by atoms with van der Waals surface area (Å²) in [5, 5.41) is 10.7. The molecule has 2 fully saturated rings. The van der Waals surface area contributed by atoms with Crippen LogP contribution in [-0.4, -0.2) is 27.9 Å². The summed E-state index contributed by atoms with van der Waals surface area (Å²) in [6.07, 6.45) is 7.50. The third kappa shape index (κ3) is 3.13. The van der Waals surface area contributed by atoms with E-state index in [9.17, 15) is 19.5 Å². The van der Waals surface area contributed by atoms with Crippen LogP contribution in [0.3, 0.4) is 0 Å². The number of carboxylic acids is 1. The van der Waals surface area contributed by atoms with E-state index in [-0.39, 0.29) is 24.7 Å². The van der Waals surface area contributed by atoms with Gasteiger partial charge < -0.3 is 10.1 Å². The van der Waals surface area contributed by atoms with Crippen molar-refractivity contribution in [3.05, 3.63) is 29.5 Å². The summed E-state index contributed by atoms with van der Waals surface area (Å²) >= 11 is 0. The van der Waals surface area contributed by atoms with Gasteiger partial charge in [0, 0.05) is 29.9 Å². The average Bonchev–Trinajstić information content (AvgIpc) is 3.34. The first kappa shape index (κ1) is 17.8. The number of carbonyl (C=O) groups excluding carboxylic acids is 2. The molecule has 1 saturated heterocycles. The van der Waals surface area contributed by atoms with Gasteiger partial charge in [-0.05, 0) is 42.5 Å². The quantitative estimate of drug-likeness (QED) is 0.784. The van der Waals surface area contributed by atoms with Gasteiger partial charge in [0.25, 0.3) is 0 Å². The largest absolute Gasteiger partial charge is 0.481 e. The highest BCUT2D eigenvalue weighted by atomic mass is 16.4. The highest BCUT2D eigenvalue weighted by Gasteiger charge is 2.32. The monoisotopic (exact) mass is 368 g/mol. The van der Waals surface area contributed by atoms with Gasteiger partial charge in [-0.15, -0.1) is 0 Å². The van der Waals surface area contributed by atoms with Gasteiger partial charge in [-0.3, -0.25) is 19.3 Å². The number of benzene rings is 1. The van der Waals surface area contributed by atoms with Crippen molar-refractivity contribution in [2.24, 2.45) is 5.92 Å². The first-order valence-corrected chi connectivity index (χ1v) is 9.66.